The van der Waals surface area contributed by atoms with Crippen LogP contribution in [0.1, 0.15) is 5.56 Å². The van der Waals surface area contributed by atoms with Crippen molar-refractivity contribution in [1.82, 2.24) is 0 Å². The fraction of sp³-hybridized carbons (Fsp3) is 0.188. The highest BCUT2D eigenvalue weighted by Gasteiger charge is 2.04. The quantitative estimate of drug-likeness (QED) is 0.404. The molecule has 0 amide bonds. The average molecular weight is 398 g/mol. The first-order valence-electron chi connectivity index (χ1n) is 6.34. The zero-order chi connectivity index (χ0) is 15.1. The summed E-state index contributed by atoms with van der Waals surface area (Å²) in [4.78, 5) is 10.5. The third-order valence-electron chi connectivity index (χ3n) is 2.71. The maximum Gasteiger partial charge on any atom is 0.188 e. The lowest BCUT2D eigenvalue weighted by Gasteiger charge is -2.10. The number of carbonyl (C=O) groups excluding carboxylic acids is 1. The fourth-order valence-corrected chi connectivity index (χ4v) is 2.40. The van der Waals surface area contributed by atoms with Gasteiger partial charge < -0.3 is 19.0 Å². The third-order valence-corrected chi connectivity index (χ3v) is 3.55. The standard InChI is InChI=1S/C16H15IO4/c1-19-11-20-13-3-5-14(6-4-13)21-16-7-2-12(8-9-18)10-15(16)17/h2-7,9-10H,8,11H2,1H3. The summed E-state index contributed by atoms with van der Waals surface area (Å²) in [5.41, 5.74) is 0.977. The van der Waals surface area contributed by atoms with Gasteiger partial charge in [0.25, 0.3) is 0 Å². The van der Waals surface area contributed by atoms with Gasteiger partial charge in [0.05, 0.1) is 3.57 Å². The summed E-state index contributed by atoms with van der Waals surface area (Å²) in [6.07, 6.45) is 1.31. The van der Waals surface area contributed by atoms with Crippen LogP contribution in [0.25, 0.3) is 0 Å². The van der Waals surface area contributed by atoms with Gasteiger partial charge in [-0.3, -0.25) is 0 Å². The molecule has 0 N–H and O–H groups in total. The van der Waals surface area contributed by atoms with Crippen molar-refractivity contribution >= 4 is 28.9 Å². The Balaban J connectivity index is 2.05. The second kappa shape index (κ2) is 7.99. The van der Waals surface area contributed by atoms with Crippen LogP contribution in [0.15, 0.2) is 42.5 Å². The fourth-order valence-electron chi connectivity index (χ4n) is 1.71. The van der Waals surface area contributed by atoms with Crippen LogP contribution in [0.4, 0.5) is 0 Å². The van der Waals surface area contributed by atoms with Gasteiger partial charge in [0, 0.05) is 13.5 Å². The van der Waals surface area contributed by atoms with Gasteiger partial charge in [-0.2, -0.15) is 0 Å². The molecule has 2 rings (SSSR count). The minimum Gasteiger partial charge on any atom is -0.468 e. The summed E-state index contributed by atoms with van der Waals surface area (Å²) in [6, 6.07) is 13.0. The number of hydrogen-bond donors (Lipinski definition) is 0. The lowest BCUT2D eigenvalue weighted by molar-refractivity contribution is -0.107. The molecule has 0 radical (unpaired) electrons. The van der Waals surface area contributed by atoms with Gasteiger partial charge in [-0.15, -0.1) is 0 Å². The van der Waals surface area contributed by atoms with Crippen LogP contribution in [0, 0.1) is 3.57 Å². The summed E-state index contributed by atoms with van der Waals surface area (Å²) in [5.74, 6) is 2.21. The van der Waals surface area contributed by atoms with E-state index < -0.39 is 0 Å². The molecule has 0 fully saturated rings. The van der Waals surface area contributed by atoms with Gasteiger partial charge in [0.2, 0.25) is 0 Å². The summed E-state index contributed by atoms with van der Waals surface area (Å²) in [6.45, 7) is 0.219. The normalized spacial score (nSPS) is 10.2. The molecule has 2 aromatic carbocycles. The van der Waals surface area contributed by atoms with Gasteiger partial charge in [0.15, 0.2) is 6.79 Å². The van der Waals surface area contributed by atoms with Gasteiger partial charge in [-0.05, 0) is 64.6 Å². The molecule has 0 aliphatic carbocycles. The first kappa shape index (κ1) is 15.8. The van der Waals surface area contributed by atoms with Crippen LogP contribution in [0.5, 0.6) is 17.2 Å². The van der Waals surface area contributed by atoms with E-state index in [4.69, 9.17) is 14.2 Å². The molecule has 5 heteroatoms. The molecule has 0 aromatic heterocycles. The first-order valence-corrected chi connectivity index (χ1v) is 7.42. The highest BCUT2D eigenvalue weighted by molar-refractivity contribution is 14.1. The van der Waals surface area contributed by atoms with Crippen LogP contribution in [-0.2, 0) is 16.0 Å². The molecule has 0 spiro atoms. The van der Waals surface area contributed by atoms with Crippen LogP contribution in [0.2, 0.25) is 0 Å². The second-order valence-corrected chi connectivity index (χ2v) is 5.42. The van der Waals surface area contributed by atoms with E-state index in [0.717, 1.165) is 32.7 Å². The van der Waals surface area contributed by atoms with Crippen LogP contribution in [0.3, 0.4) is 0 Å². The maximum atomic E-state index is 10.5. The number of ether oxygens (including phenoxy) is 3. The topological polar surface area (TPSA) is 44.8 Å². The summed E-state index contributed by atoms with van der Waals surface area (Å²) < 4.78 is 16.9. The second-order valence-electron chi connectivity index (χ2n) is 4.26. The summed E-state index contributed by atoms with van der Waals surface area (Å²) in [7, 11) is 1.58. The molecular weight excluding hydrogens is 383 g/mol. The number of rotatable bonds is 7. The van der Waals surface area contributed by atoms with E-state index in [1.165, 1.54) is 0 Å². The Kier molecular flexibility index (Phi) is 6.01. The molecule has 0 heterocycles. The van der Waals surface area contributed by atoms with Crippen LogP contribution >= 0.6 is 22.6 Å². The number of methoxy groups -OCH3 is 1. The number of carbonyl (C=O) groups is 1. The Labute approximate surface area is 137 Å². The molecule has 21 heavy (non-hydrogen) atoms. The first-order chi connectivity index (χ1) is 10.2. The van der Waals surface area contributed by atoms with E-state index >= 15 is 0 Å². The molecule has 4 nitrogen and oxygen atoms in total. The Hall–Kier alpha value is -1.60. The van der Waals surface area contributed by atoms with E-state index in [-0.39, 0.29) is 6.79 Å². The number of hydrogen-bond acceptors (Lipinski definition) is 4. The highest BCUT2D eigenvalue weighted by atomic mass is 127. The lowest BCUT2D eigenvalue weighted by Crippen LogP contribution is -1.98. The molecule has 0 atom stereocenters. The molecule has 110 valence electrons. The largest absolute Gasteiger partial charge is 0.468 e. The van der Waals surface area contributed by atoms with Crippen molar-refractivity contribution in [2.75, 3.05) is 13.9 Å². The third kappa shape index (κ3) is 4.71. The van der Waals surface area contributed by atoms with E-state index in [0.29, 0.717) is 6.42 Å². The molecule has 0 saturated heterocycles. The van der Waals surface area contributed by atoms with Gasteiger partial charge in [0.1, 0.15) is 23.5 Å². The Morgan fingerprint density at radius 1 is 1.10 bits per heavy atom. The minimum absolute atomic E-state index is 0.219. The van der Waals surface area contributed by atoms with Gasteiger partial charge >= 0.3 is 0 Å². The van der Waals surface area contributed by atoms with E-state index in [2.05, 4.69) is 22.6 Å². The predicted molar refractivity (Wildman–Crippen MR) is 87.9 cm³/mol. The zero-order valence-electron chi connectivity index (χ0n) is 11.5. The van der Waals surface area contributed by atoms with E-state index in [9.17, 15) is 4.79 Å². The molecular formula is C16H15IO4. The Morgan fingerprint density at radius 2 is 1.81 bits per heavy atom. The Bertz CT molecular complexity index is 596. The van der Waals surface area contributed by atoms with E-state index in [1.54, 1.807) is 7.11 Å². The van der Waals surface area contributed by atoms with Crippen molar-refractivity contribution in [3.05, 3.63) is 51.6 Å². The smallest absolute Gasteiger partial charge is 0.188 e. The van der Waals surface area contributed by atoms with Gasteiger partial charge in [-0.25, -0.2) is 0 Å². The molecule has 0 saturated carbocycles. The number of aldehydes is 1. The van der Waals surface area contributed by atoms with E-state index in [1.807, 2.05) is 42.5 Å². The molecule has 0 bridgehead atoms. The summed E-state index contributed by atoms with van der Waals surface area (Å²) >= 11 is 2.20. The van der Waals surface area contributed by atoms with Crippen LogP contribution in [-0.4, -0.2) is 20.2 Å². The maximum absolute atomic E-state index is 10.5. The average Bonchev–Trinajstić information content (AvgIpc) is 2.49. The molecule has 0 aliphatic rings. The Morgan fingerprint density at radius 3 is 2.43 bits per heavy atom. The van der Waals surface area contributed by atoms with Crippen molar-refractivity contribution in [1.29, 1.82) is 0 Å². The SMILES string of the molecule is COCOc1ccc(Oc2ccc(CC=O)cc2I)cc1. The molecule has 0 unspecified atom stereocenters. The number of benzene rings is 2. The lowest BCUT2D eigenvalue weighted by atomic mass is 10.2. The number of halogens is 1. The van der Waals surface area contributed by atoms with Crippen LogP contribution < -0.4 is 9.47 Å². The predicted octanol–water partition coefficient (Wildman–Crippen LogP) is 3.81. The van der Waals surface area contributed by atoms with Crippen molar-refractivity contribution in [2.45, 2.75) is 6.42 Å². The van der Waals surface area contributed by atoms with Gasteiger partial charge in [-0.1, -0.05) is 6.07 Å². The van der Waals surface area contributed by atoms with Crippen molar-refractivity contribution in [3.63, 3.8) is 0 Å². The zero-order valence-corrected chi connectivity index (χ0v) is 13.7. The monoisotopic (exact) mass is 398 g/mol. The summed E-state index contributed by atoms with van der Waals surface area (Å²) in [5, 5.41) is 0. The van der Waals surface area contributed by atoms with Crippen molar-refractivity contribution in [2.24, 2.45) is 0 Å². The molecule has 0 aliphatic heterocycles. The molecule has 2 aromatic rings. The highest BCUT2D eigenvalue weighted by Crippen LogP contribution is 2.28. The minimum atomic E-state index is 0.219. The van der Waals surface area contributed by atoms with Crippen molar-refractivity contribution < 1.29 is 19.0 Å². The van der Waals surface area contributed by atoms with Crippen molar-refractivity contribution in [3.8, 4) is 17.2 Å².